The molecule has 16 rings (SSSR count). The standard InChI is InChI=1S/C70H43N5O/c1-5-19-44(20-6-1)67-71-68(45-21-7-2-8-22-45)73-69(72-67)48-34-38-57-54(43-48)53-41-46(33-37-56(53)70(57)58-28-14-17-31-63(58)76-64-32-18-15-29-59(64)70)47-35-39-61-55(42-47)51-36-40-62-65(66(51)75(61)50-25-11-4-12-26-50)52-27-13-16-30-60(52)74(62)49-23-9-3-10-24-49/h1-43H. The van der Waals surface area contributed by atoms with Crippen molar-refractivity contribution in [3.8, 4) is 79.3 Å². The summed E-state index contributed by atoms with van der Waals surface area (Å²) in [5.41, 5.74) is 18.2. The Morgan fingerprint density at radius 1 is 0.303 bits per heavy atom. The highest BCUT2D eigenvalue weighted by molar-refractivity contribution is 6.26. The summed E-state index contributed by atoms with van der Waals surface area (Å²) < 4.78 is 11.6. The van der Waals surface area contributed by atoms with Crippen molar-refractivity contribution in [1.82, 2.24) is 24.1 Å². The molecular formula is C70H43N5O. The SMILES string of the molecule is c1ccc(-c2nc(-c3ccccc3)nc(-c3ccc4c(c3)-c3cc(-c5ccc6c(c5)c5ccc7c(c8ccccc8n7-c7ccccc7)c5n6-c5ccccc5)ccc3C43c4ccccc4Oc4ccccc43)n2)cc1. The zero-order valence-electron chi connectivity index (χ0n) is 41.0. The molecule has 0 N–H and O–H groups in total. The van der Waals surface area contributed by atoms with Gasteiger partial charge in [0.15, 0.2) is 17.5 Å². The van der Waals surface area contributed by atoms with Crippen molar-refractivity contribution in [1.29, 1.82) is 0 Å². The van der Waals surface area contributed by atoms with Crippen molar-refractivity contribution >= 4 is 43.6 Å². The molecule has 14 aromatic rings. The van der Waals surface area contributed by atoms with Crippen molar-refractivity contribution < 1.29 is 4.74 Å². The van der Waals surface area contributed by atoms with Crippen LogP contribution in [0.15, 0.2) is 261 Å². The van der Waals surface area contributed by atoms with E-state index in [1.54, 1.807) is 0 Å². The van der Waals surface area contributed by atoms with E-state index >= 15 is 0 Å². The summed E-state index contributed by atoms with van der Waals surface area (Å²) in [4.78, 5) is 15.4. The van der Waals surface area contributed by atoms with Crippen LogP contribution in [0.1, 0.15) is 22.3 Å². The van der Waals surface area contributed by atoms with Gasteiger partial charge in [-0.3, -0.25) is 0 Å². The lowest BCUT2D eigenvalue weighted by Crippen LogP contribution is -2.32. The molecule has 4 heterocycles. The van der Waals surface area contributed by atoms with Gasteiger partial charge in [-0.2, -0.15) is 0 Å². The third kappa shape index (κ3) is 6.12. The molecule has 6 heteroatoms. The summed E-state index contributed by atoms with van der Waals surface area (Å²) in [6.45, 7) is 0. The number of nitrogens with zero attached hydrogens (tertiary/aromatic N) is 5. The second kappa shape index (κ2) is 16.4. The normalized spacial score (nSPS) is 12.9. The van der Waals surface area contributed by atoms with Crippen molar-refractivity contribution in [2.45, 2.75) is 5.41 Å². The van der Waals surface area contributed by atoms with Gasteiger partial charge >= 0.3 is 0 Å². The summed E-state index contributed by atoms with van der Waals surface area (Å²) in [6, 6.07) is 93.3. The molecule has 6 nitrogen and oxygen atoms in total. The van der Waals surface area contributed by atoms with Gasteiger partial charge in [0.1, 0.15) is 11.5 Å². The molecule has 0 amide bonds. The Labute approximate surface area is 438 Å². The van der Waals surface area contributed by atoms with E-state index in [4.69, 9.17) is 19.7 Å². The van der Waals surface area contributed by atoms with E-state index in [0.717, 1.165) is 78.5 Å². The Kier molecular flexibility index (Phi) is 9.15. The van der Waals surface area contributed by atoms with E-state index in [1.807, 2.05) is 36.4 Å². The summed E-state index contributed by atoms with van der Waals surface area (Å²) in [6.07, 6.45) is 0. The van der Waals surface area contributed by atoms with Crippen LogP contribution in [0.4, 0.5) is 0 Å². The molecule has 0 fully saturated rings. The fraction of sp³-hybridized carbons (Fsp3) is 0.0143. The van der Waals surface area contributed by atoms with Crippen molar-refractivity contribution in [3.05, 3.63) is 283 Å². The molecule has 3 aromatic heterocycles. The predicted octanol–water partition coefficient (Wildman–Crippen LogP) is 17.2. The van der Waals surface area contributed by atoms with Gasteiger partial charge in [-0.15, -0.1) is 0 Å². The minimum atomic E-state index is -0.659. The van der Waals surface area contributed by atoms with Crippen LogP contribution in [0.3, 0.4) is 0 Å². The van der Waals surface area contributed by atoms with Gasteiger partial charge in [-0.1, -0.05) is 188 Å². The molecule has 0 radical (unpaired) electrons. The number of aromatic nitrogens is 5. The first kappa shape index (κ1) is 42.3. The lowest BCUT2D eigenvalue weighted by Gasteiger charge is -2.39. The Hall–Kier alpha value is -10.2. The predicted molar refractivity (Wildman–Crippen MR) is 308 cm³/mol. The first-order valence-corrected chi connectivity index (χ1v) is 25.8. The van der Waals surface area contributed by atoms with Crippen LogP contribution in [0, 0.1) is 0 Å². The van der Waals surface area contributed by atoms with E-state index in [0.29, 0.717) is 17.5 Å². The summed E-state index contributed by atoms with van der Waals surface area (Å²) >= 11 is 0. The van der Waals surface area contributed by atoms with Crippen LogP contribution in [0.2, 0.25) is 0 Å². The molecule has 1 spiro atoms. The van der Waals surface area contributed by atoms with Crippen molar-refractivity contribution in [3.63, 3.8) is 0 Å². The molecule has 0 saturated heterocycles. The first-order valence-electron chi connectivity index (χ1n) is 25.8. The largest absolute Gasteiger partial charge is 0.457 e. The Bertz CT molecular complexity index is 4550. The average molecular weight is 970 g/mol. The Morgan fingerprint density at radius 3 is 1.39 bits per heavy atom. The number of benzene rings is 11. The molecule has 0 bridgehead atoms. The number of hydrogen-bond acceptors (Lipinski definition) is 4. The van der Waals surface area contributed by atoms with Gasteiger partial charge in [0.2, 0.25) is 0 Å². The zero-order valence-corrected chi connectivity index (χ0v) is 41.0. The lowest BCUT2D eigenvalue weighted by molar-refractivity contribution is 0.436. The molecule has 11 aromatic carbocycles. The summed E-state index contributed by atoms with van der Waals surface area (Å²) in [5.74, 6) is 3.58. The zero-order chi connectivity index (χ0) is 49.9. The highest BCUT2D eigenvalue weighted by atomic mass is 16.5. The van der Waals surface area contributed by atoms with Gasteiger partial charge in [-0.25, -0.2) is 15.0 Å². The lowest BCUT2D eigenvalue weighted by atomic mass is 9.66. The second-order valence-corrected chi connectivity index (χ2v) is 19.9. The Morgan fingerprint density at radius 2 is 0.763 bits per heavy atom. The number of para-hydroxylation sites is 5. The monoisotopic (exact) mass is 969 g/mol. The minimum Gasteiger partial charge on any atom is -0.457 e. The van der Waals surface area contributed by atoms with Crippen LogP contribution in [0.25, 0.3) is 111 Å². The highest BCUT2D eigenvalue weighted by Crippen LogP contribution is 2.63. The molecule has 2 aliphatic rings. The second-order valence-electron chi connectivity index (χ2n) is 19.9. The summed E-state index contributed by atoms with van der Waals surface area (Å²) in [5, 5.41) is 4.85. The third-order valence-corrected chi connectivity index (χ3v) is 15.8. The van der Waals surface area contributed by atoms with Crippen LogP contribution < -0.4 is 4.74 Å². The fourth-order valence-electron chi connectivity index (χ4n) is 12.6. The van der Waals surface area contributed by atoms with E-state index in [1.165, 1.54) is 49.2 Å². The van der Waals surface area contributed by atoms with Crippen molar-refractivity contribution in [2.75, 3.05) is 0 Å². The highest BCUT2D eigenvalue weighted by Gasteiger charge is 2.51. The molecule has 0 unspecified atom stereocenters. The first-order chi connectivity index (χ1) is 37.7. The van der Waals surface area contributed by atoms with Gasteiger partial charge < -0.3 is 13.9 Å². The maximum absolute atomic E-state index is 6.74. The Balaban J connectivity index is 0.937. The van der Waals surface area contributed by atoms with Crippen LogP contribution in [-0.2, 0) is 5.41 Å². The molecule has 354 valence electrons. The maximum Gasteiger partial charge on any atom is 0.164 e. The number of ether oxygens (including phenoxy) is 1. The van der Waals surface area contributed by atoms with E-state index in [9.17, 15) is 0 Å². The molecule has 1 aliphatic carbocycles. The van der Waals surface area contributed by atoms with Gasteiger partial charge in [0, 0.05) is 60.7 Å². The van der Waals surface area contributed by atoms with E-state index in [-0.39, 0.29) is 0 Å². The van der Waals surface area contributed by atoms with Gasteiger partial charge in [-0.05, 0) is 106 Å². The quantitative estimate of drug-likeness (QED) is 0.167. The number of fused-ring (bicyclic) bond motifs is 16. The molecule has 1 aliphatic heterocycles. The minimum absolute atomic E-state index is 0.614. The number of rotatable bonds is 6. The molecule has 0 atom stereocenters. The average Bonchev–Trinajstić information content (AvgIpc) is 4.28. The maximum atomic E-state index is 6.74. The van der Waals surface area contributed by atoms with E-state index < -0.39 is 5.41 Å². The molecular weight excluding hydrogens is 927 g/mol. The van der Waals surface area contributed by atoms with Crippen LogP contribution >= 0.6 is 0 Å². The van der Waals surface area contributed by atoms with Crippen LogP contribution in [0.5, 0.6) is 11.5 Å². The van der Waals surface area contributed by atoms with Gasteiger partial charge in [0.25, 0.3) is 0 Å². The van der Waals surface area contributed by atoms with Crippen molar-refractivity contribution in [2.24, 2.45) is 0 Å². The molecule has 76 heavy (non-hydrogen) atoms. The smallest absolute Gasteiger partial charge is 0.164 e. The summed E-state index contributed by atoms with van der Waals surface area (Å²) in [7, 11) is 0. The molecule has 0 saturated carbocycles. The topological polar surface area (TPSA) is 57.8 Å². The van der Waals surface area contributed by atoms with E-state index in [2.05, 4.69) is 234 Å². The van der Waals surface area contributed by atoms with Crippen LogP contribution in [-0.4, -0.2) is 24.1 Å². The number of hydrogen-bond donors (Lipinski definition) is 0. The van der Waals surface area contributed by atoms with Gasteiger partial charge in [0.05, 0.1) is 27.5 Å². The fourth-order valence-corrected chi connectivity index (χ4v) is 12.6. The third-order valence-electron chi connectivity index (χ3n) is 15.8.